The minimum absolute atomic E-state index is 0.213. The number of carbonyl (C=O) groups excluding carboxylic acids is 1. The minimum Gasteiger partial charge on any atom is -0.341 e. The Morgan fingerprint density at radius 2 is 1.83 bits per heavy atom. The molecule has 0 N–H and O–H groups in total. The lowest BCUT2D eigenvalue weighted by Gasteiger charge is -2.33. The van der Waals surface area contributed by atoms with Gasteiger partial charge in [-0.2, -0.15) is 0 Å². The zero-order valence-corrected chi connectivity index (χ0v) is 17.0. The molecule has 152 valence electrons. The van der Waals surface area contributed by atoms with Crippen LogP contribution in [0.4, 0.5) is 0 Å². The van der Waals surface area contributed by atoms with Gasteiger partial charge in [0.25, 0.3) is 0 Å². The molecule has 2 saturated heterocycles. The van der Waals surface area contributed by atoms with Crippen LogP contribution in [0.25, 0.3) is 0 Å². The van der Waals surface area contributed by atoms with E-state index in [4.69, 9.17) is 0 Å². The van der Waals surface area contributed by atoms with Gasteiger partial charge in [-0.15, -0.1) is 0 Å². The highest BCUT2D eigenvalue weighted by atomic mass is 16.2. The van der Waals surface area contributed by atoms with Crippen LogP contribution >= 0.6 is 0 Å². The Labute approximate surface area is 173 Å². The fourth-order valence-corrected chi connectivity index (χ4v) is 5.56. The Morgan fingerprint density at radius 1 is 1.03 bits per heavy atom. The molecule has 29 heavy (non-hydrogen) atoms. The van der Waals surface area contributed by atoms with E-state index in [0.29, 0.717) is 17.7 Å². The van der Waals surface area contributed by atoms with Crippen molar-refractivity contribution in [2.24, 2.45) is 17.3 Å². The topological polar surface area (TPSA) is 49.3 Å². The first-order valence-electron chi connectivity index (χ1n) is 11.0. The Kier molecular flexibility index (Phi) is 5.08. The van der Waals surface area contributed by atoms with Crippen molar-refractivity contribution in [3.63, 3.8) is 0 Å². The number of likely N-dealkylation sites (tertiary alicyclic amines) is 2. The van der Waals surface area contributed by atoms with Gasteiger partial charge in [-0.05, 0) is 37.2 Å². The fraction of sp³-hybridized carbons (Fsp3) is 0.542. The summed E-state index contributed by atoms with van der Waals surface area (Å²) in [4.78, 5) is 26.1. The summed E-state index contributed by atoms with van der Waals surface area (Å²) in [6.45, 7) is 4.90. The molecule has 1 aliphatic carbocycles. The Morgan fingerprint density at radius 3 is 2.55 bits per heavy atom. The first kappa shape index (κ1) is 18.7. The lowest BCUT2D eigenvalue weighted by molar-refractivity contribution is -0.137. The average molecular weight is 391 g/mol. The number of hydrogen-bond donors (Lipinski definition) is 0. The molecule has 3 fully saturated rings. The van der Waals surface area contributed by atoms with E-state index in [9.17, 15) is 4.79 Å². The molecule has 0 radical (unpaired) electrons. The molecular weight excluding hydrogens is 360 g/mol. The summed E-state index contributed by atoms with van der Waals surface area (Å²) in [5, 5.41) is 0. The molecule has 2 atom stereocenters. The molecule has 0 bridgehead atoms. The second-order valence-corrected chi connectivity index (χ2v) is 9.31. The summed E-state index contributed by atoms with van der Waals surface area (Å²) in [7, 11) is 0. The zero-order valence-electron chi connectivity index (χ0n) is 17.0. The molecule has 1 aromatic heterocycles. The number of aryl methyl sites for hydroxylation is 1. The smallest absolute Gasteiger partial charge is 0.225 e. The van der Waals surface area contributed by atoms with Gasteiger partial charge in [0.1, 0.15) is 6.33 Å². The number of carbonyl (C=O) groups is 1. The molecule has 2 aromatic rings. The van der Waals surface area contributed by atoms with Crippen LogP contribution in [0.2, 0.25) is 0 Å². The van der Waals surface area contributed by atoms with Crippen molar-refractivity contribution in [2.75, 3.05) is 26.2 Å². The SMILES string of the molecule is O=C(C1CCC1)N1CC2CN(Cc3cncnc3)CC2(CCc2ccccc2)C1. The minimum atomic E-state index is 0.213. The zero-order chi connectivity index (χ0) is 19.7. The van der Waals surface area contributed by atoms with Crippen molar-refractivity contribution in [3.8, 4) is 0 Å². The second kappa shape index (κ2) is 7.86. The van der Waals surface area contributed by atoms with Gasteiger partial charge < -0.3 is 4.90 Å². The van der Waals surface area contributed by atoms with Crippen LogP contribution < -0.4 is 0 Å². The first-order valence-corrected chi connectivity index (χ1v) is 11.0. The van der Waals surface area contributed by atoms with Crippen molar-refractivity contribution >= 4 is 5.91 Å². The molecule has 1 saturated carbocycles. The summed E-state index contributed by atoms with van der Waals surface area (Å²) in [6, 6.07) is 10.8. The monoisotopic (exact) mass is 390 g/mol. The second-order valence-electron chi connectivity index (χ2n) is 9.31. The maximum atomic E-state index is 12.9. The molecule has 2 unspecified atom stereocenters. The number of nitrogens with zero attached hydrogens (tertiary/aromatic N) is 4. The Bertz CT molecular complexity index is 838. The third-order valence-electron chi connectivity index (χ3n) is 7.37. The number of aromatic nitrogens is 2. The van der Waals surface area contributed by atoms with Crippen molar-refractivity contribution in [3.05, 3.63) is 60.2 Å². The number of hydrogen-bond acceptors (Lipinski definition) is 4. The quantitative estimate of drug-likeness (QED) is 0.760. The van der Waals surface area contributed by atoms with Crippen LogP contribution in [0.5, 0.6) is 0 Å². The predicted molar refractivity (Wildman–Crippen MR) is 112 cm³/mol. The van der Waals surface area contributed by atoms with Crippen LogP contribution in [-0.2, 0) is 17.8 Å². The Balaban J connectivity index is 1.31. The van der Waals surface area contributed by atoms with Crippen LogP contribution in [0.3, 0.4) is 0 Å². The Hall–Kier alpha value is -2.27. The van der Waals surface area contributed by atoms with Gasteiger partial charge in [0.2, 0.25) is 5.91 Å². The van der Waals surface area contributed by atoms with Crippen LogP contribution in [0, 0.1) is 17.3 Å². The predicted octanol–water partition coefficient (Wildman–Crippen LogP) is 3.17. The van der Waals surface area contributed by atoms with Gasteiger partial charge in [0, 0.05) is 62.0 Å². The molecule has 5 nitrogen and oxygen atoms in total. The third kappa shape index (κ3) is 3.80. The van der Waals surface area contributed by atoms with Gasteiger partial charge in [-0.3, -0.25) is 9.69 Å². The van der Waals surface area contributed by atoms with E-state index >= 15 is 0 Å². The van der Waals surface area contributed by atoms with Crippen molar-refractivity contribution in [1.82, 2.24) is 19.8 Å². The summed E-state index contributed by atoms with van der Waals surface area (Å²) in [6.07, 6.45) is 11.1. The van der Waals surface area contributed by atoms with E-state index in [1.807, 2.05) is 12.4 Å². The van der Waals surface area contributed by atoms with Crippen molar-refractivity contribution in [2.45, 2.75) is 38.6 Å². The van der Waals surface area contributed by atoms with Gasteiger partial charge in [0.15, 0.2) is 0 Å². The lowest BCUT2D eigenvalue weighted by Crippen LogP contribution is -2.41. The summed E-state index contributed by atoms with van der Waals surface area (Å²) in [5.74, 6) is 1.30. The summed E-state index contributed by atoms with van der Waals surface area (Å²) in [5.41, 5.74) is 2.79. The lowest BCUT2D eigenvalue weighted by atomic mass is 9.76. The molecule has 2 aliphatic heterocycles. The normalized spacial score (nSPS) is 27.0. The largest absolute Gasteiger partial charge is 0.341 e. The molecule has 5 heteroatoms. The van der Waals surface area contributed by atoms with Gasteiger partial charge >= 0.3 is 0 Å². The standard InChI is InChI=1S/C24H30N4O/c29-23(21-7-4-8-21)28-15-22-14-27(13-20-11-25-18-26-12-20)16-24(22,17-28)10-9-19-5-2-1-3-6-19/h1-3,5-6,11-12,18,21-22H,4,7-10,13-17H2. The van der Waals surface area contributed by atoms with E-state index in [-0.39, 0.29) is 5.41 Å². The molecular formula is C24H30N4O. The van der Waals surface area contributed by atoms with Crippen LogP contribution in [-0.4, -0.2) is 51.9 Å². The van der Waals surface area contributed by atoms with Gasteiger partial charge in [-0.1, -0.05) is 36.8 Å². The highest BCUT2D eigenvalue weighted by molar-refractivity contribution is 5.80. The summed E-state index contributed by atoms with van der Waals surface area (Å²) < 4.78 is 0. The van der Waals surface area contributed by atoms with Crippen molar-refractivity contribution in [1.29, 1.82) is 0 Å². The van der Waals surface area contributed by atoms with Crippen LogP contribution in [0.1, 0.15) is 36.8 Å². The van der Waals surface area contributed by atoms with E-state index in [1.54, 1.807) is 6.33 Å². The van der Waals surface area contributed by atoms with E-state index in [1.165, 1.54) is 17.5 Å². The molecule has 0 spiro atoms. The van der Waals surface area contributed by atoms with Crippen molar-refractivity contribution < 1.29 is 4.79 Å². The van der Waals surface area contributed by atoms with E-state index < -0.39 is 0 Å². The van der Waals surface area contributed by atoms with E-state index in [0.717, 1.165) is 58.4 Å². The highest BCUT2D eigenvalue weighted by Gasteiger charge is 2.53. The molecule has 3 heterocycles. The highest BCUT2D eigenvalue weighted by Crippen LogP contribution is 2.47. The van der Waals surface area contributed by atoms with Gasteiger partial charge in [-0.25, -0.2) is 9.97 Å². The fourth-order valence-electron chi connectivity index (χ4n) is 5.56. The number of amides is 1. The van der Waals surface area contributed by atoms with Gasteiger partial charge in [0.05, 0.1) is 0 Å². The summed E-state index contributed by atoms with van der Waals surface area (Å²) >= 11 is 0. The van der Waals surface area contributed by atoms with Crippen LogP contribution in [0.15, 0.2) is 49.1 Å². The average Bonchev–Trinajstić information content (AvgIpc) is 3.20. The van der Waals surface area contributed by atoms with E-state index in [2.05, 4.69) is 50.1 Å². The third-order valence-corrected chi connectivity index (χ3v) is 7.37. The number of fused-ring (bicyclic) bond motifs is 1. The molecule has 5 rings (SSSR count). The molecule has 1 amide bonds. The molecule has 1 aromatic carbocycles. The number of rotatable bonds is 6. The molecule has 3 aliphatic rings. The first-order chi connectivity index (χ1) is 14.2. The maximum absolute atomic E-state index is 12.9. The maximum Gasteiger partial charge on any atom is 0.225 e. The number of benzene rings is 1.